The molecule has 2 aromatic heterocycles. The van der Waals surface area contributed by atoms with Gasteiger partial charge in [0, 0.05) is 12.5 Å². The number of rotatable bonds is 6. The van der Waals surface area contributed by atoms with Crippen LogP contribution in [0.15, 0.2) is 22.7 Å². The van der Waals surface area contributed by atoms with E-state index in [0.717, 1.165) is 17.5 Å². The molecule has 2 amide bonds. The van der Waals surface area contributed by atoms with Crippen molar-refractivity contribution < 1.29 is 9.59 Å². The quantitative estimate of drug-likeness (QED) is 0.819. The zero-order valence-electron chi connectivity index (χ0n) is 12.1. The Hall–Kier alpha value is -1.67. The molecule has 6 nitrogen and oxygen atoms in total. The Morgan fingerprint density at radius 3 is 2.91 bits per heavy atom. The number of amides is 2. The van der Waals surface area contributed by atoms with E-state index in [-0.39, 0.29) is 17.6 Å². The summed E-state index contributed by atoms with van der Waals surface area (Å²) in [6, 6.07) is 3.47. The third kappa shape index (κ3) is 3.38. The van der Waals surface area contributed by atoms with Crippen molar-refractivity contribution in [3.05, 3.63) is 28.2 Å². The summed E-state index contributed by atoms with van der Waals surface area (Å²) in [5.41, 5.74) is 0. The van der Waals surface area contributed by atoms with Crippen molar-refractivity contribution >= 4 is 34.9 Å². The minimum atomic E-state index is -0.351. The Morgan fingerprint density at radius 1 is 1.45 bits per heavy atom. The summed E-state index contributed by atoms with van der Waals surface area (Å²) in [7, 11) is 0. The Bertz CT molecular complexity index is 677. The van der Waals surface area contributed by atoms with Gasteiger partial charge in [0.25, 0.3) is 5.91 Å². The topological polar surface area (TPSA) is 76.9 Å². The Labute approximate surface area is 136 Å². The Morgan fingerprint density at radius 2 is 2.27 bits per heavy atom. The van der Waals surface area contributed by atoms with E-state index in [9.17, 15) is 9.59 Å². The fourth-order valence-corrected chi connectivity index (χ4v) is 3.54. The number of hydrogen-bond donors (Lipinski definition) is 1. The molecule has 1 fully saturated rings. The van der Waals surface area contributed by atoms with Gasteiger partial charge in [-0.05, 0) is 31.2 Å². The van der Waals surface area contributed by atoms with Crippen molar-refractivity contribution in [3.63, 3.8) is 0 Å². The van der Waals surface area contributed by atoms with Crippen LogP contribution in [0.4, 0.5) is 0 Å². The molecule has 1 aliphatic carbocycles. The van der Waals surface area contributed by atoms with E-state index in [0.29, 0.717) is 10.8 Å². The van der Waals surface area contributed by atoms with Gasteiger partial charge in [0.05, 0.1) is 10.6 Å². The molecule has 0 aromatic carbocycles. The lowest BCUT2D eigenvalue weighted by atomic mass is 10.4. The van der Waals surface area contributed by atoms with E-state index in [1.165, 1.54) is 35.9 Å². The van der Waals surface area contributed by atoms with E-state index in [1.807, 2.05) is 6.92 Å². The lowest BCUT2D eigenvalue weighted by molar-refractivity contribution is -0.117. The van der Waals surface area contributed by atoms with Gasteiger partial charge in [0.15, 0.2) is 5.16 Å². The summed E-state index contributed by atoms with van der Waals surface area (Å²) in [5, 5.41) is 13.3. The van der Waals surface area contributed by atoms with Crippen LogP contribution in [0.2, 0.25) is 0 Å². The minimum Gasteiger partial charge on any atom is -0.306 e. The second-order valence-electron chi connectivity index (χ2n) is 5.00. The van der Waals surface area contributed by atoms with E-state index < -0.39 is 0 Å². The fraction of sp³-hybridized carbons (Fsp3) is 0.429. The van der Waals surface area contributed by atoms with Crippen LogP contribution >= 0.6 is 23.1 Å². The van der Waals surface area contributed by atoms with Gasteiger partial charge >= 0.3 is 0 Å². The number of carbonyl (C=O) groups excluding carboxylic acids is 2. The van der Waals surface area contributed by atoms with Crippen LogP contribution < -0.4 is 5.32 Å². The normalized spacial score (nSPS) is 14.0. The van der Waals surface area contributed by atoms with Gasteiger partial charge in [-0.15, -0.1) is 21.5 Å². The van der Waals surface area contributed by atoms with Crippen molar-refractivity contribution in [1.82, 2.24) is 20.1 Å². The van der Waals surface area contributed by atoms with Crippen molar-refractivity contribution in [2.24, 2.45) is 0 Å². The van der Waals surface area contributed by atoms with Crippen LogP contribution in [0.3, 0.4) is 0 Å². The molecule has 0 saturated heterocycles. The van der Waals surface area contributed by atoms with E-state index in [4.69, 9.17) is 0 Å². The molecule has 1 aliphatic rings. The summed E-state index contributed by atoms with van der Waals surface area (Å²) in [4.78, 5) is 24.2. The van der Waals surface area contributed by atoms with Crippen molar-refractivity contribution in [2.45, 2.75) is 37.4 Å². The second kappa shape index (κ2) is 6.62. The predicted molar refractivity (Wildman–Crippen MR) is 85.2 cm³/mol. The van der Waals surface area contributed by atoms with Gasteiger partial charge in [0.2, 0.25) is 5.91 Å². The highest BCUT2D eigenvalue weighted by atomic mass is 32.2. The average molecular weight is 336 g/mol. The van der Waals surface area contributed by atoms with Gasteiger partial charge in [-0.3, -0.25) is 14.9 Å². The molecule has 1 N–H and O–H groups in total. The maximum absolute atomic E-state index is 11.9. The summed E-state index contributed by atoms with van der Waals surface area (Å²) in [5.74, 6) is 1.02. The number of nitrogens with zero attached hydrogens (tertiary/aromatic N) is 3. The first-order valence-electron chi connectivity index (χ1n) is 7.12. The van der Waals surface area contributed by atoms with Crippen LogP contribution in [-0.4, -0.2) is 32.3 Å². The Balaban J connectivity index is 1.56. The monoisotopic (exact) mass is 336 g/mol. The lowest BCUT2D eigenvalue weighted by Crippen LogP contribution is -2.31. The fourth-order valence-electron chi connectivity index (χ4n) is 2.11. The summed E-state index contributed by atoms with van der Waals surface area (Å²) < 4.78 is 2.05. The first-order valence-corrected chi connectivity index (χ1v) is 8.99. The van der Waals surface area contributed by atoms with Crippen LogP contribution in [0.1, 0.15) is 41.2 Å². The lowest BCUT2D eigenvalue weighted by Gasteiger charge is -2.06. The van der Waals surface area contributed by atoms with Gasteiger partial charge in [-0.25, -0.2) is 0 Å². The van der Waals surface area contributed by atoms with Gasteiger partial charge < -0.3 is 4.57 Å². The smallest absolute Gasteiger partial charge is 0.267 e. The number of carbonyl (C=O) groups is 2. The molecule has 0 aliphatic heterocycles. The molecule has 1 saturated carbocycles. The number of nitrogens with one attached hydrogen (secondary N) is 1. The van der Waals surface area contributed by atoms with Crippen LogP contribution in [0, 0.1) is 0 Å². The average Bonchev–Trinajstić information content (AvgIpc) is 3.05. The first-order chi connectivity index (χ1) is 10.7. The molecule has 8 heteroatoms. The number of thioether (sulfide) groups is 1. The third-order valence-electron chi connectivity index (χ3n) is 3.33. The Kier molecular flexibility index (Phi) is 4.58. The molecular weight excluding hydrogens is 320 g/mol. The summed E-state index contributed by atoms with van der Waals surface area (Å²) in [6.45, 7) is 2.83. The third-order valence-corrected chi connectivity index (χ3v) is 5.17. The molecule has 2 aromatic rings. The zero-order chi connectivity index (χ0) is 15.5. The number of hydrogen-bond acceptors (Lipinski definition) is 6. The number of imide groups is 1. The molecular formula is C14H16N4O2S2. The van der Waals surface area contributed by atoms with E-state index in [2.05, 4.69) is 20.1 Å². The minimum absolute atomic E-state index is 0.153. The molecule has 22 heavy (non-hydrogen) atoms. The molecule has 3 rings (SSSR count). The maximum Gasteiger partial charge on any atom is 0.267 e. The van der Waals surface area contributed by atoms with Crippen molar-refractivity contribution in [2.75, 3.05) is 5.75 Å². The zero-order valence-corrected chi connectivity index (χ0v) is 13.7. The van der Waals surface area contributed by atoms with Crippen molar-refractivity contribution in [3.8, 4) is 0 Å². The highest BCUT2D eigenvalue weighted by Gasteiger charge is 2.30. The number of aromatic nitrogens is 3. The second-order valence-corrected chi connectivity index (χ2v) is 6.89. The molecule has 0 spiro atoms. The van der Waals surface area contributed by atoms with Crippen LogP contribution in [-0.2, 0) is 11.3 Å². The molecule has 0 atom stereocenters. The SMILES string of the molecule is CCn1c(SCC(=O)NC(=O)c2cccs2)nnc1C1CC1. The highest BCUT2D eigenvalue weighted by Crippen LogP contribution is 2.39. The molecule has 116 valence electrons. The largest absolute Gasteiger partial charge is 0.306 e. The predicted octanol–water partition coefficient (Wildman–Crippen LogP) is 2.29. The van der Waals surface area contributed by atoms with Crippen molar-refractivity contribution in [1.29, 1.82) is 0 Å². The van der Waals surface area contributed by atoms with E-state index >= 15 is 0 Å². The molecule has 0 radical (unpaired) electrons. The first kappa shape index (κ1) is 15.2. The van der Waals surface area contributed by atoms with Crippen LogP contribution in [0.25, 0.3) is 0 Å². The van der Waals surface area contributed by atoms with Gasteiger partial charge in [0.1, 0.15) is 5.82 Å². The van der Waals surface area contributed by atoms with Crippen LogP contribution in [0.5, 0.6) is 0 Å². The van der Waals surface area contributed by atoms with Gasteiger partial charge in [-0.2, -0.15) is 0 Å². The summed E-state index contributed by atoms with van der Waals surface area (Å²) in [6.07, 6.45) is 2.33. The molecule has 0 unspecified atom stereocenters. The standard InChI is InChI=1S/C14H16N4O2S2/c1-2-18-12(9-5-6-9)16-17-14(18)22-8-11(19)15-13(20)10-4-3-7-21-10/h3-4,7,9H,2,5-6,8H2,1H3,(H,15,19,20). The highest BCUT2D eigenvalue weighted by molar-refractivity contribution is 7.99. The summed E-state index contributed by atoms with van der Waals surface area (Å²) >= 11 is 2.62. The number of thiophene rings is 1. The molecule has 2 heterocycles. The maximum atomic E-state index is 11.9. The van der Waals surface area contributed by atoms with E-state index in [1.54, 1.807) is 17.5 Å². The van der Waals surface area contributed by atoms with Gasteiger partial charge in [-0.1, -0.05) is 17.8 Å². The molecule has 0 bridgehead atoms.